The Morgan fingerprint density at radius 3 is 1.54 bits per heavy atom. The van der Waals surface area contributed by atoms with Crippen LogP contribution in [0.15, 0.2) is 0 Å². The molecule has 24 heavy (non-hydrogen) atoms. The Hall–Kier alpha value is -0.120. The molecule has 0 aliphatic heterocycles. The van der Waals surface area contributed by atoms with Crippen LogP contribution in [-0.2, 0) is 14.2 Å². The van der Waals surface area contributed by atoms with Gasteiger partial charge in [-0.2, -0.15) is 0 Å². The normalized spacial score (nSPS) is 15.6. The van der Waals surface area contributed by atoms with E-state index in [-0.39, 0.29) is 22.2 Å². The maximum Gasteiger partial charge on any atom is 0.0644 e. The van der Waals surface area contributed by atoms with E-state index in [0.29, 0.717) is 5.92 Å². The molecule has 1 atom stereocenters. The van der Waals surface area contributed by atoms with E-state index in [1.807, 2.05) is 0 Å². The zero-order chi connectivity index (χ0) is 19.2. The molecule has 0 spiro atoms. The molecule has 0 aliphatic rings. The molecule has 3 heteroatoms. The van der Waals surface area contributed by atoms with Crippen LogP contribution in [0.4, 0.5) is 0 Å². The Morgan fingerprint density at radius 1 is 0.667 bits per heavy atom. The highest BCUT2D eigenvalue weighted by Gasteiger charge is 2.28. The Labute approximate surface area is 151 Å². The maximum atomic E-state index is 6.21. The Bertz CT molecular complexity index is 351. The van der Waals surface area contributed by atoms with Gasteiger partial charge in [-0.05, 0) is 72.1 Å². The summed E-state index contributed by atoms with van der Waals surface area (Å²) in [6, 6.07) is 0. The molecular weight excluding hydrogens is 300 g/mol. The summed E-state index contributed by atoms with van der Waals surface area (Å²) < 4.78 is 17.8. The molecule has 0 fully saturated rings. The Balaban J connectivity index is 4.27. The van der Waals surface area contributed by atoms with Crippen molar-refractivity contribution in [3.8, 4) is 0 Å². The highest BCUT2D eigenvalue weighted by Crippen LogP contribution is 2.30. The molecule has 0 aromatic carbocycles. The van der Waals surface area contributed by atoms with Crippen LogP contribution in [-0.4, -0.2) is 37.1 Å². The third-order valence-electron chi connectivity index (χ3n) is 5.28. The first-order valence-electron chi connectivity index (χ1n) is 9.43. The molecule has 0 bridgehead atoms. The van der Waals surface area contributed by atoms with Crippen molar-refractivity contribution in [1.29, 1.82) is 0 Å². The molecule has 0 aromatic heterocycles. The van der Waals surface area contributed by atoms with Gasteiger partial charge in [0.25, 0.3) is 0 Å². The van der Waals surface area contributed by atoms with Crippen LogP contribution in [0.3, 0.4) is 0 Å². The zero-order valence-electron chi connectivity index (χ0n) is 18.3. The predicted octanol–water partition coefficient (Wildman–Crippen LogP) is 5.85. The lowest BCUT2D eigenvalue weighted by Crippen LogP contribution is -2.35. The van der Waals surface area contributed by atoms with E-state index >= 15 is 0 Å². The van der Waals surface area contributed by atoms with Crippen molar-refractivity contribution in [2.45, 2.75) is 105 Å². The van der Waals surface area contributed by atoms with Crippen LogP contribution in [0, 0.1) is 11.3 Å². The molecule has 3 nitrogen and oxygen atoms in total. The smallest absolute Gasteiger partial charge is 0.0644 e. The van der Waals surface area contributed by atoms with Gasteiger partial charge in [0.15, 0.2) is 0 Å². The SMILES string of the molecule is COC(C)(C)CCOC(C)(C)CCC(C)(C)OCC(C)C(C)(C)C. The molecule has 0 amide bonds. The second-order valence-electron chi connectivity index (χ2n) is 10.2. The zero-order valence-corrected chi connectivity index (χ0v) is 18.3. The topological polar surface area (TPSA) is 27.7 Å². The third kappa shape index (κ3) is 10.7. The second kappa shape index (κ2) is 9.00. The van der Waals surface area contributed by atoms with Crippen molar-refractivity contribution in [2.24, 2.45) is 11.3 Å². The summed E-state index contributed by atoms with van der Waals surface area (Å²) in [5.74, 6) is 0.539. The van der Waals surface area contributed by atoms with Gasteiger partial charge in [0.1, 0.15) is 0 Å². The number of hydrogen-bond donors (Lipinski definition) is 0. The summed E-state index contributed by atoms with van der Waals surface area (Å²) in [6.07, 6.45) is 2.87. The van der Waals surface area contributed by atoms with Crippen LogP contribution in [0.5, 0.6) is 0 Å². The van der Waals surface area contributed by atoms with Crippen molar-refractivity contribution in [3.63, 3.8) is 0 Å². The molecule has 0 heterocycles. The van der Waals surface area contributed by atoms with Crippen molar-refractivity contribution >= 4 is 0 Å². The van der Waals surface area contributed by atoms with Gasteiger partial charge in [-0.15, -0.1) is 0 Å². The van der Waals surface area contributed by atoms with Crippen LogP contribution >= 0.6 is 0 Å². The lowest BCUT2D eigenvalue weighted by atomic mass is 9.82. The minimum absolute atomic E-state index is 0.119. The summed E-state index contributed by atoms with van der Waals surface area (Å²) in [5.41, 5.74) is -0.0970. The second-order valence-corrected chi connectivity index (χ2v) is 10.2. The van der Waals surface area contributed by atoms with Crippen molar-refractivity contribution in [1.82, 2.24) is 0 Å². The summed E-state index contributed by atoms with van der Waals surface area (Å²) in [5, 5.41) is 0. The van der Waals surface area contributed by atoms with E-state index < -0.39 is 0 Å². The number of methoxy groups -OCH3 is 1. The standard InChI is InChI=1S/C21H44O3/c1-17(18(2,3)4)16-24-21(9,10)13-12-20(7,8)23-15-14-19(5,6)22-11/h17H,12-16H2,1-11H3. The van der Waals surface area contributed by atoms with Gasteiger partial charge in [0.05, 0.1) is 30.0 Å². The lowest BCUT2D eigenvalue weighted by Gasteiger charge is -2.35. The van der Waals surface area contributed by atoms with Crippen molar-refractivity contribution in [3.05, 3.63) is 0 Å². The van der Waals surface area contributed by atoms with Crippen LogP contribution in [0.25, 0.3) is 0 Å². The molecule has 0 radical (unpaired) electrons. The van der Waals surface area contributed by atoms with Gasteiger partial charge in [0.2, 0.25) is 0 Å². The molecule has 0 saturated carbocycles. The molecule has 0 rings (SSSR count). The molecule has 0 aromatic rings. The minimum Gasteiger partial charge on any atom is -0.379 e. The van der Waals surface area contributed by atoms with Gasteiger partial charge in [0, 0.05) is 7.11 Å². The largest absolute Gasteiger partial charge is 0.379 e. The highest BCUT2D eigenvalue weighted by atomic mass is 16.5. The fourth-order valence-electron chi connectivity index (χ4n) is 2.02. The van der Waals surface area contributed by atoms with E-state index in [1.54, 1.807) is 7.11 Å². The first-order chi connectivity index (χ1) is 10.6. The van der Waals surface area contributed by atoms with Crippen LogP contribution < -0.4 is 0 Å². The maximum absolute atomic E-state index is 6.21. The first kappa shape index (κ1) is 23.9. The van der Waals surface area contributed by atoms with Crippen molar-refractivity contribution < 1.29 is 14.2 Å². The van der Waals surface area contributed by atoms with Crippen LogP contribution in [0.2, 0.25) is 0 Å². The van der Waals surface area contributed by atoms with Crippen LogP contribution in [0.1, 0.15) is 88.5 Å². The summed E-state index contributed by atoms with van der Waals surface area (Å²) in [6.45, 7) is 23.5. The first-order valence-corrected chi connectivity index (χ1v) is 9.43. The molecule has 0 aliphatic carbocycles. The van der Waals surface area contributed by atoms with E-state index in [0.717, 1.165) is 32.5 Å². The monoisotopic (exact) mass is 344 g/mol. The van der Waals surface area contributed by atoms with Gasteiger partial charge in [-0.25, -0.2) is 0 Å². The molecule has 1 unspecified atom stereocenters. The van der Waals surface area contributed by atoms with E-state index in [4.69, 9.17) is 14.2 Å². The average molecular weight is 345 g/mol. The molecule has 0 N–H and O–H groups in total. The average Bonchev–Trinajstić information content (AvgIpc) is 2.41. The summed E-state index contributed by atoms with van der Waals surface area (Å²) in [4.78, 5) is 0. The van der Waals surface area contributed by atoms with Gasteiger partial charge < -0.3 is 14.2 Å². The summed E-state index contributed by atoms with van der Waals surface area (Å²) >= 11 is 0. The summed E-state index contributed by atoms with van der Waals surface area (Å²) in [7, 11) is 1.75. The highest BCUT2D eigenvalue weighted by molar-refractivity contribution is 4.79. The minimum atomic E-state index is -0.139. The molecule has 146 valence electrons. The number of rotatable bonds is 11. The fourth-order valence-corrected chi connectivity index (χ4v) is 2.02. The van der Waals surface area contributed by atoms with Gasteiger partial charge in [-0.3, -0.25) is 0 Å². The third-order valence-corrected chi connectivity index (χ3v) is 5.28. The predicted molar refractivity (Wildman–Crippen MR) is 104 cm³/mol. The number of ether oxygens (including phenoxy) is 3. The van der Waals surface area contributed by atoms with E-state index in [1.165, 1.54) is 0 Å². The lowest BCUT2D eigenvalue weighted by molar-refractivity contribution is -0.0881. The molecule has 0 saturated heterocycles. The molecular formula is C21H44O3. The Kier molecular flexibility index (Phi) is 8.96. The fraction of sp³-hybridized carbons (Fsp3) is 1.00. The van der Waals surface area contributed by atoms with E-state index in [9.17, 15) is 0 Å². The van der Waals surface area contributed by atoms with Gasteiger partial charge in [-0.1, -0.05) is 27.7 Å². The van der Waals surface area contributed by atoms with Crippen molar-refractivity contribution in [2.75, 3.05) is 20.3 Å². The number of hydrogen-bond acceptors (Lipinski definition) is 3. The Morgan fingerprint density at radius 2 is 1.12 bits per heavy atom. The quantitative estimate of drug-likeness (QED) is 0.470. The van der Waals surface area contributed by atoms with Gasteiger partial charge >= 0.3 is 0 Å². The van der Waals surface area contributed by atoms with E-state index in [2.05, 4.69) is 69.2 Å².